The van der Waals surface area contributed by atoms with Crippen molar-refractivity contribution in [1.82, 2.24) is 9.88 Å². The fourth-order valence-corrected chi connectivity index (χ4v) is 2.81. The summed E-state index contributed by atoms with van der Waals surface area (Å²) in [6, 6.07) is 2.07. The molecule has 0 aromatic carbocycles. The highest BCUT2D eigenvalue weighted by Gasteiger charge is 2.13. The van der Waals surface area contributed by atoms with Crippen LogP contribution in [0, 0.1) is 5.92 Å². The van der Waals surface area contributed by atoms with Gasteiger partial charge >= 0.3 is 0 Å². The van der Waals surface area contributed by atoms with Crippen molar-refractivity contribution >= 4 is 21.6 Å². The van der Waals surface area contributed by atoms with Crippen LogP contribution in [0.3, 0.4) is 0 Å². The Balaban J connectivity index is 1.72. The van der Waals surface area contributed by atoms with Gasteiger partial charge in [-0.15, -0.1) is 0 Å². The molecule has 2 heterocycles. The molecule has 0 amide bonds. The zero-order chi connectivity index (χ0) is 12.8. The monoisotopic (exact) mass is 311 g/mol. The van der Waals surface area contributed by atoms with E-state index in [0.29, 0.717) is 5.92 Å². The van der Waals surface area contributed by atoms with Crippen molar-refractivity contribution < 1.29 is 0 Å². The Morgan fingerprint density at radius 1 is 1.33 bits per heavy atom. The molecule has 0 bridgehead atoms. The number of nitrogens with zero attached hydrogens (tertiary/aromatic N) is 2. The van der Waals surface area contributed by atoms with E-state index in [0.717, 1.165) is 16.7 Å². The summed E-state index contributed by atoms with van der Waals surface area (Å²) in [5.41, 5.74) is 1.09. The van der Waals surface area contributed by atoms with E-state index in [1.165, 1.54) is 38.9 Å². The molecule has 1 N–H and O–H groups in total. The average molecular weight is 312 g/mol. The van der Waals surface area contributed by atoms with E-state index in [-0.39, 0.29) is 0 Å². The van der Waals surface area contributed by atoms with Crippen molar-refractivity contribution in [3.8, 4) is 0 Å². The molecule has 1 fully saturated rings. The minimum atomic E-state index is 0.669. The second-order valence-corrected chi connectivity index (χ2v) is 6.15. The van der Waals surface area contributed by atoms with Crippen molar-refractivity contribution in [3.63, 3.8) is 0 Å². The first-order valence-corrected chi connectivity index (χ1v) is 7.60. The van der Waals surface area contributed by atoms with Gasteiger partial charge in [0, 0.05) is 23.8 Å². The van der Waals surface area contributed by atoms with Crippen LogP contribution in [0.1, 0.15) is 26.2 Å². The minimum Gasteiger partial charge on any atom is -0.383 e. The highest BCUT2D eigenvalue weighted by Crippen LogP contribution is 2.15. The lowest BCUT2D eigenvalue weighted by atomic mass is 10.1. The molecule has 1 aliphatic heterocycles. The Bertz CT molecular complexity index is 364. The summed E-state index contributed by atoms with van der Waals surface area (Å²) < 4.78 is 1.02. The van der Waals surface area contributed by atoms with Gasteiger partial charge in [-0.05, 0) is 53.8 Å². The van der Waals surface area contributed by atoms with E-state index in [9.17, 15) is 0 Å². The van der Waals surface area contributed by atoms with Gasteiger partial charge < -0.3 is 10.2 Å². The lowest BCUT2D eigenvalue weighted by Crippen LogP contribution is -2.35. The van der Waals surface area contributed by atoms with Gasteiger partial charge in [0.1, 0.15) is 0 Å². The average Bonchev–Trinajstić information content (AvgIpc) is 2.38. The van der Waals surface area contributed by atoms with Gasteiger partial charge in [0.05, 0.1) is 11.9 Å². The van der Waals surface area contributed by atoms with E-state index in [2.05, 4.69) is 44.1 Å². The van der Waals surface area contributed by atoms with E-state index in [4.69, 9.17) is 0 Å². The summed E-state index contributed by atoms with van der Waals surface area (Å²) in [5, 5.41) is 3.46. The molecular weight excluding hydrogens is 290 g/mol. The van der Waals surface area contributed by atoms with Crippen LogP contribution in [0.2, 0.25) is 0 Å². The number of hydrogen-bond donors (Lipinski definition) is 1. The first-order chi connectivity index (χ1) is 8.74. The van der Waals surface area contributed by atoms with Crippen LogP contribution >= 0.6 is 15.9 Å². The zero-order valence-electron chi connectivity index (χ0n) is 11.0. The summed E-state index contributed by atoms with van der Waals surface area (Å²) in [6.07, 6.45) is 7.83. The lowest BCUT2D eigenvalue weighted by molar-refractivity contribution is 0.204. The maximum Gasteiger partial charge on any atom is 0.0538 e. The first-order valence-electron chi connectivity index (χ1n) is 6.81. The Morgan fingerprint density at radius 2 is 2.11 bits per heavy atom. The van der Waals surface area contributed by atoms with E-state index >= 15 is 0 Å². The van der Waals surface area contributed by atoms with Gasteiger partial charge in [-0.2, -0.15) is 0 Å². The molecule has 4 heteroatoms. The molecule has 1 aromatic rings. The molecule has 3 nitrogen and oxygen atoms in total. The number of rotatable bonds is 5. The van der Waals surface area contributed by atoms with Gasteiger partial charge in [-0.25, -0.2) is 0 Å². The van der Waals surface area contributed by atoms with Gasteiger partial charge in [0.15, 0.2) is 0 Å². The second-order valence-electron chi connectivity index (χ2n) is 5.24. The van der Waals surface area contributed by atoms with Crippen molar-refractivity contribution in [2.75, 3.05) is 31.5 Å². The molecule has 0 spiro atoms. The molecule has 0 radical (unpaired) electrons. The first kappa shape index (κ1) is 13.8. The van der Waals surface area contributed by atoms with Crippen molar-refractivity contribution in [3.05, 3.63) is 22.9 Å². The van der Waals surface area contributed by atoms with Crippen LogP contribution in [0.4, 0.5) is 5.69 Å². The van der Waals surface area contributed by atoms with Crippen molar-refractivity contribution in [2.45, 2.75) is 26.2 Å². The third-order valence-corrected chi connectivity index (χ3v) is 3.81. The molecule has 0 aliphatic carbocycles. The van der Waals surface area contributed by atoms with Crippen LogP contribution in [0.25, 0.3) is 0 Å². The molecule has 0 saturated carbocycles. The van der Waals surface area contributed by atoms with Crippen molar-refractivity contribution in [2.24, 2.45) is 5.92 Å². The Morgan fingerprint density at radius 3 is 2.83 bits per heavy atom. The highest BCUT2D eigenvalue weighted by atomic mass is 79.9. The summed E-state index contributed by atoms with van der Waals surface area (Å²) >= 11 is 3.44. The summed E-state index contributed by atoms with van der Waals surface area (Å²) in [5.74, 6) is 0.669. The number of piperidine rings is 1. The van der Waals surface area contributed by atoms with E-state index in [1.54, 1.807) is 0 Å². The maximum atomic E-state index is 4.16. The predicted octanol–water partition coefficient (Wildman–Crippen LogP) is 3.38. The van der Waals surface area contributed by atoms with Crippen molar-refractivity contribution in [1.29, 1.82) is 0 Å². The Kier molecular flexibility index (Phi) is 5.45. The predicted molar refractivity (Wildman–Crippen MR) is 79.9 cm³/mol. The smallest absolute Gasteiger partial charge is 0.0538 e. The topological polar surface area (TPSA) is 28.2 Å². The summed E-state index contributed by atoms with van der Waals surface area (Å²) in [7, 11) is 0. The van der Waals surface area contributed by atoms with Gasteiger partial charge in [-0.1, -0.05) is 13.3 Å². The fourth-order valence-electron chi connectivity index (χ4n) is 2.45. The summed E-state index contributed by atoms with van der Waals surface area (Å²) in [6.45, 7) is 7.08. The molecule has 1 aromatic heterocycles. The van der Waals surface area contributed by atoms with Crippen LogP contribution in [0.15, 0.2) is 22.9 Å². The van der Waals surface area contributed by atoms with E-state index in [1.807, 2.05) is 12.4 Å². The minimum absolute atomic E-state index is 0.669. The number of hydrogen-bond acceptors (Lipinski definition) is 3. The fraction of sp³-hybridized carbons (Fsp3) is 0.643. The molecule has 18 heavy (non-hydrogen) atoms. The molecule has 1 saturated heterocycles. The molecular formula is C14H22BrN3. The third-order valence-electron chi connectivity index (χ3n) is 3.38. The Labute approximate surface area is 118 Å². The Hall–Kier alpha value is -0.610. The number of pyridine rings is 1. The van der Waals surface area contributed by atoms with Gasteiger partial charge in [-0.3, -0.25) is 4.98 Å². The molecule has 2 rings (SSSR count). The number of likely N-dealkylation sites (tertiary alicyclic amines) is 1. The molecule has 1 unspecified atom stereocenters. The maximum absolute atomic E-state index is 4.16. The van der Waals surface area contributed by atoms with Crippen LogP contribution in [-0.4, -0.2) is 36.1 Å². The van der Waals surface area contributed by atoms with Crippen LogP contribution < -0.4 is 5.32 Å². The normalized spacial score (nSPS) is 18.6. The number of aromatic nitrogens is 1. The second kappa shape index (κ2) is 7.10. The highest BCUT2D eigenvalue weighted by molar-refractivity contribution is 9.10. The van der Waals surface area contributed by atoms with Crippen LogP contribution in [-0.2, 0) is 0 Å². The quantitative estimate of drug-likeness (QED) is 0.903. The standard InChI is InChI=1S/C14H22BrN3/c1-12(11-18-5-3-2-4-6-18)8-17-14-7-13(15)9-16-10-14/h7,9-10,12,17H,2-6,8,11H2,1H3. The number of halogens is 1. The zero-order valence-corrected chi connectivity index (χ0v) is 12.6. The third kappa shape index (κ3) is 4.58. The number of nitrogens with one attached hydrogen (secondary N) is 1. The van der Waals surface area contributed by atoms with Gasteiger partial charge in [0.25, 0.3) is 0 Å². The van der Waals surface area contributed by atoms with E-state index < -0.39 is 0 Å². The molecule has 100 valence electrons. The van der Waals surface area contributed by atoms with Crippen LogP contribution in [0.5, 0.6) is 0 Å². The lowest BCUT2D eigenvalue weighted by Gasteiger charge is -2.29. The van der Waals surface area contributed by atoms with Gasteiger partial charge in [0.2, 0.25) is 0 Å². The summed E-state index contributed by atoms with van der Waals surface area (Å²) in [4.78, 5) is 6.75. The number of anilines is 1. The molecule has 1 atom stereocenters. The molecule has 1 aliphatic rings. The largest absolute Gasteiger partial charge is 0.383 e. The SMILES string of the molecule is CC(CNc1cncc(Br)c1)CN1CCCCC1.